The van der Waals surface area contributed by atoms with Gasteiger partial charge in [0.1, 0.15) is 11.3 Å². The highest BCUT2D eigenvalue weighted by atomic mass is 32.2. The molecule has 2 heterocycles. The van der Waals surface area contributed by atoms with Crippen LogP contribution in [-0.2, 0) is 14.6 Å². The van der Waals surface area contributed by atoms with Crippen molar-refractivity contribution < 1.29 is 22.4 Å². The number of rotatable bonds is 6. The van der Waals surface area contributed by atoms with E-state index < -0.39 is 15.5 Å². The predicted molar refractivity (Wildman–Crippen MR) is 111 cm³/mol. The van der Waals surface area contributed by atoms with Crippen molar-refractivity contribution in [3.63, 3.8) is 0 Å². The van der Waals surface area contributed by atoms with Crippen LogP contribution in [0.5, 0.6) is 5.75 Å². The molecule has 0 saturated carbocycles. The van der Waals surface area contributed by atoms with Gasteiger partial charge in [0.05, 0.1) is 11.5 Å². The number of nitrogens with zero attached hydrogens (tertiary/aromatic N) is 1. The van der Waals surface area contributed by atoms with Crippen molar-refractivity contribution in [2.75, 3.05) is 18.1 Å². The Kier molecular flexibility index (Phi) is 6.03. The Morgan fingerprint density at radius 3 is 2.69 bits per heavy atom. The van der Waals surface area contributed by atoms with E-state index in [1.54, 1.807) is 24.0 Å². The molecule has 1 aliphatic heterocycles. The van der Waals surface area contributed by atoms with E-state index in [1.165, 1.54) is 6.07 Å². The van der Waals surface area contributed by atoms with Crippen LogP contribution < -0.4 is 10.4 Å². The summed E-state index contributed by atoms with van der Waals surface area (Å²) in [6.07, 6.45) is 1.18. The number of hydrogen-bond acceptors (Lipinski definition) is 6. The molecule has 8 heteroatoms. The normalized spacial score (nSPS) is 19.2. The second-order valence-corrected chi connectivity index (χ2v) is 9.95. The van der Waals surface area contributed by atoms with E-state index in [9.17, 15) is 18.0 Å². The summed E-state index contributed by atoms with van der Waals surface area (Å²) in [6.45, 7) is 7.29. The average Bonchev–Trinajstić information content (AvgIpc) is 3.00. The molecular weight excluding hydrogens is 394 g/mol. The molecule has 2 atom stereocenters. The molecule has 0 N–H and O–H groups in total. The van der Waals surface area contributed by atoms with Gasteiger partial charge in [-0.1, -0.05) is 6.92 Å². The maximum atomic E-state index is 12.9. The molecule has 1 amide bonds. The van der Waals surface area contributed by atoms with Crippen LogP contribution in [-0.4, -0.2) is 49.4 Å². The molecule has 3 rings (SSSR count). The second-order valence-electron chi connectivity index (χ2n) is 7.72. The van der Waals surface area contributed by atoms with Crippen molar-refractivity contribution in [1.82, 2.24) is 4.90 Å². The molecule has 1 saturated heterocycles. The molecule has 0 aliphatic carbocycles. The molecular formula is C21H27NO6S. The second kappa shape index (κ2) is 8.18. The summed E-state index contributed by atoms with van der Waals surface area (Å²) in [5.41, 5.74) is 1.47. The first-order chi connectivity index (χ1) is 13.6. The molecule has 1 aliphatic rings. The van der Waals surface area contributed by atoms with Gasteiger partial charge in [-0.05, 0) is 51.3 Å². The number of hydrogen-bond donors (Lipinski definition) is 0. The molecule has 0 spiro atoms. The van der Waals surface area contributed by atoms with Gasteiger partial charge in [0.15, 0.2) is 16.4 Å². The first kappa shape index (κ1) is 21.4. The largest absolute Gasteiger partial charge is 0.483 e. The van der Waals surface area contributed by atoms with Gasteiger partial charge < -0.3 is 14.1 Å². The Morgan fingerprint density at radius 1 is 1.34 bits per heavy atom. The number of amides is 1. The Bertz CT molecular complexity index is 1090. The van der Waals surface area contributed by atoms with Crippen LogP contribution in [0.3, 0.4) is 0 Å². The van der Waals surface area contributed by atoms with Gasteiger partial charge in [0, 0.05) is 29.1 Å². The van der Waals surface area contributed by atoms with Crippen LogP contribution in [0.25, 0.3) is 11.0 Å². The first-order valence-electron chi connectivity index (χ1n) is 9.81. The Hall–Kier alpha value is -2.35. The number of carbonyl (C=O) groups excluding carboxylic acids is 1. The number of ether oxygens (including phenoxy) is 1. The first-order valence-corrected chi connectivity index (χ1v) is 11.6. The monoisotopic (exact) mass is 421 g/mol. The van der Waals surface area contributed by atoms with Crippen molar-refractivity contribution in [3.8, 4) is 5.75 Å². The van der Waals surface area contributed by atoms with Crippen molar-refractivity contribution >= 4 is 26.7 Å². The van der Waals surface area contributed by atoms with Crippen LogP contribution in [0, 0.1) is 13.8 Å². The lowest BCUT2D eigenvalue weighted by Gasteiger charge is -2.33. The minimum atomic E-state index is -3.10. The van der Waals surface area contributed by atoms with Crippen LogP contribution >= 0.6 is 0 Å². The third-order valence-corrected chi connectivity index (χ3v) is 7.38. The molecule has 2 aromatic rings. The predicted octanol–water partition coefficient (Wildman–Crippen LogP) is 2.60. The molecule has 0 bridgehead atoms. The summed E-state index contributed by atoms with van der Waals surface area (Å²) in [5, 5.41) is 0.818. The van der Waals surface area contributed by atoms with Gasteiger partial charge in [-0.3, -0.25) is 4.79 Å². The zero-order valence-corrected chi connectivity index (χ0v) is 18.0. The van der Waals surface area contributed by atoms with E-state index in [0.29, 0.717) is 23.3 Å². The van der Waals surface area contributed by atoms with Crippen LogP contribution in [0.4, 0.5) is 0 Å². The van der Waals surface area contributed by atoms with Gasteiger partial charge in [-0.15, -0.1) is 0 Å². The maximum absolute atomic E-state index is 12.9. The minimum Gasteiger partial charge on any atom is -0.483 e. The van der Waals surface area contributed by atoms with Gasteiger partial charge in [-0.25, -0.2) is 13.2 Å². The number of sulfone groups is 1. The Balaban J connectivity index is 1.81. The lowest BCUT2D eigenvalue weighted by atomic mass is 10.1. The molecule has 0 radical (unpaired) electrons. The number of carbonyl (C=O) groups is 1. The van der Waals surface area contributed by atoms with Crippen LogP contribution in [0.2, 0.25) is 0 Å². The Morgan fingerprint density at radius 2 is 2.07 bits per heavy atom. The fourth-order valence-corrected chi connectivity index (χ4v) is 5.58. The van der Waals surface area contributed by atoms with E-state index in [4.69, 9.17) is 9.15 Å². The zero-order chi connectivity index (χ0) is 21.3. The molecule has 7 nitrogen and oxygen atoms in total. The summed E-state index contributed by atoms with van der Waals surface area (Å²) in [5.74, 6) is 0.332. The smallest absolute Gasteiger partial charge is 0.336 e. The highest BCUT2D eigenvalue weighted by Gasteiger charge is 2.36. The minimum absolute atomic E-state index is 0.00250. The lowest BCUT2D eigenvalue weighted by Crippen LogP contribution is -2.48. The molecule has 158 valence electrons. The van der Waals surface area contributed by atoms with Crippen molar-refractivity contribution in [1.29, 1.82) is 0 Å². The molecule has 29 heavy (non-hydrogen) atoms. The van der Waals surface area contributed by atoms with Crippen molar-refractivity contribution in [2.24, 2.45) is 0 Å². The lowest BCUT2D eigenvalue weighted by molar-refractivity contribution is -0.137. The summed E-state index contributed by atoms with van der Waals surface area (Å²) in [6, 6.07) is 4.60. The van der Waals surface area contributed by atoms with E-state index in [1.807, 2.05) is 20.8 Å². The quantitative estimate of drug-likeness (QED) is 0.666. The standard InChI is InChI=1S/C21H27NO6S/c1-5-14(3)22(16-8-9-29(25,26)12-16)19(23)11-27-18-7-6-17-13(2)10-20(24)28-21(17)15(18)4/h6-7,10,14,16H,5,8-9,11-12H2,1-4H3/t14-,16-/m1/s1. The number of benzene rings is 1. The van der Waals surface area contributed by atoms with Gasteiger partial charge in [0.25, 0.3) is 5.91 Å². The molecule has 1 aromatic heterocycles. The SMILES string of the molecule is CC[C@@H](C)N(C(=O)COc1ccc2c(C)cc(=O)oc2c1C)[C@@H]1CCS(=O)(=O)C1. The van der Waals surface area contributed by atoms with E-state index >= 15 is 0 Å². The van der Waals surface area contributed by atoms with Crippen LogP contribution in [0.15, 0.2) is 27.4 Å². The summed E-state index contributed by atoms with van der Waals surface area (Å²) in [4.78, 5) is 26.3. The highest BCUT2D eigenvalue weighted by molar-refractivity contribution is 7.91. The van der Waals surface area contributed by atoms with Gasteiger partial charge in [0.2, 0.25) is 0 Å². The van der Waals surface area contributed by atoms with Gasteiger partial charge in [-0.2, -0.15) is 0 Å². The highest BCUT2D eigenvalue weighted by Crippen LogP contribution is 2.28. The summed E-state index contributed by atoms with van der Waals surface area (Å²) >= 11 is 0. The van der Waals surface area contributed by atoms with E-state index in [-0.39, 0.29) is 36.1 Å². The molecule has 0 unspecified atom stereocenters. The Labute approximate surface area is 170 Å². The van der Waals surface area contributed by atoms with Gasteiger partial charge >= 0.3 is 5.63 Å². The third kappa shape index (κ3) is 4.47. The van der Waals surface area contributed by atoms with Crippen molar-refractivity contribution in [2.45, 2.75) is 52.6 Å². The summed E-state index contributed by atoms with van der Waals surface area (Å²) < 4.78 is 34.9. The number of aryl methyl sites for hydroxylation is 2. The maximum Gasteiger partial charge on any atom is 0.336 e. The fraction of sp³-hybridized carbons (Fsp3) is 0.524. The third-order valence-electron chi connectivity index (χ3n) is 5.62. The van der Waals surface area contributed by atoms with E-state index in [0.717, 1.165) is 17.4 Å². The molecule has 1 aromatic carbocycles. The summed E-state index contributed by atoms with van der Waals surface area (Å²) in [7, 11) is -3.10. The average molecular weight is 422 g/mol. The van der Waals surface area contributed by atoms with Crippen molar-refractivity contribution in [3.05, 3.63) is 39.7 Å². The van der Waals surface area contributed by atoms with Crippen LogP contribution in [0.1, 0.15) is 37.8 Å². The zero-order valence-electron chi connectivity index (χ0n) is 17.2. The molecule has 1 fully saturated rings. The number of fused-ring (bicyclic) bond motifs is 1. The topological polar surface area (TPSA) is 93.9 Å². The van der Waals surface area contributed by atoms with E-state index in [2.05, 4.69) is 0 Å². The fourth-order valence-electron chi connectivity index (χ4n) is 3.87.